The molecule has 0 heterocycles. The van der Waals surface area contributed by atoms with Gasteiger partial charge in [-0.05, 0) is 46.6 Å². The Labute approximate surface area is 121 Å². The van der Waals surface area contributed by atoms with Crippen molar-refractivity contribution in [2.45, 2.75) is 12.8 Å². The summed E-state index contributed by atoms with van der Waals surface area (Å²) in [5.41, 5.74) is 8.04. The van der Waals surface area contributed by atoms with Gasteiger partial charge in [0.2, 0.25) is 5.91 Å². The van der Waals surface area contributed by atoms with Gasteiger partial charge in [-0.15, -0.1) is 0 Å². The first-order valence-electron chi connectivity index (χ1n) is 5.99. The van der Waals surface area contributed by atoms with Crippen molar-refractivity contribution < 1.29 is 4.79 Å². The van der Waals surface area contributed by atoms with Gasteiger partial charge in [-0.1, -0.05) is 30.3 Å². The van der Waals surface area contributed by atoms with E-state index >= 15 is 0 Å². The van der Waals surface area contributed by atoms with Crippen molar-refractivity contribution in [3.63, 3.8) is 0 Å². The molecule has 0 saturated carbocycles. The molecule has 2 rings (SSSR count). The van der Waals surface area contributed by atoms with Gasteiger partial charge in [-0.3, -0.25) is 4.79 Å². The van der Waals surface area contributed by atoms with Gasteiger partial charge >= 0.3 is 0 Å². The van der Waals surface area contributed by atoms with Crippen molar-refractivity contribution >= 4 is 33.2 Å². The molecular weight excluding hydrogens is 304 g/mol. The number of nitrogens with one attached hydrogen (secondary N) is 1. The summed E-state index contributed by atoms with van der Waals surface area (Å²) in [6.45, 7) is 1.88. The van der Waals surface area contributed by atoms with E-state index in [2.05, 4.69) is 21.2 Å². The number of amides is 1. The Morgan fingerprint density at radius 2 is 1.89 bits per heavy atom. The van der Waals surface area contributed by atoms with E-state index in [1.54, 1.807) is 18.2 Å². The standard InChI is InChI=1S/C15H15BrN2O/c1-10(11-5-3-2-4-6-11)15(19)18-14-8-7-12(17)9-13(14)16/h2-10H,17H2,1H3,(H,18,19). The molecule has 1 unspecified atom stereocenters. The van der Waals surface area contributed by atoms with Crippen molar-refractivity contribution in [2.75, 3.05) is 11.1 Å². The Kier molecular flexibility index (Phi) is 4.22. The van der Waals surface area contributed by atoms with Crippen LogP contribution in [0.15, 0.2) is 53.0 Å². The first kappa shape index (κ1) is 13.6. The summed E-state index contributed by atoms with van der Waals surface area (Å²) in [5.74, 6) is -0.248. The Morgan fingerprint density at radius 3 is 2.53 bits per heavy atom. The maximum Gasteiger partial charge on any atom is 0.231 e. The minimum atomic E-state index is -0.203. The van der Waals surface area contributed by atoms with Crippen molar-refractivity contribution in [1.82, 2.24) is 0 Å². The molecule has 0 aromatic heterocycles. The summed E-state index contributed by atoms with van der Waals surface area (Å²) in [6.07, 6.45) is 0. The van der Waals surface area contributed by atoms with Crippen LogP contribution in [0.2, 0.25) is 0 Å². The number of anilines is 2. The smallest absolute Gasteiger partial charge is 0.231 e. The third kappa shape index (κ3) is 3.35. The molecule has 0 aliphatic carbocycles. The molecule has 1 amide bonds. The lowest BCUT2D eigenvalue weighted by atomic mass is 10.0. The monoisotopic (exact) mass is 318 g/mol. The van der Waals surface area contributed by atoms with Crippen LogP contribution in [0.5, 0.6) is 0 Å². The molecule has 98 valence electrons. The van der Waals surface area contributed by atoms with E-state index in [0.717, 1.165) is 15.7 Å². The van der Waals surface area contributed by atoms with E-state index in [9.17, 15) is 4.79 Å². The highest BCUT2D eigenvalue weighted by Crippen LogP contribution is 2.26. The highest BCUT2D eigenvalue weighted by atomic mass is 79.9. The molecule has 0 bridgehead atoms. The van der Waals surface area contributed by atoms with E-state index in [4.69, 9.17) is 5.73 Å². The molecule has 0 aliphatic rings. The average Bonchev–Trinajstić information content (AvgIpc) is 2.42. The number of benzene rings is 2. The fraction of sp³-hybridized carbons (Fsp3) is 0.133. The molecule has 2 aromatic carbocycles. The molecule has 0 saturated heterocycles. The van der Waals surface area contributed by atoms with Gasteiger partial charge in [0.1, 0.15) is 0 Å². The van der Waals surface area contributed by atoms with Gasteiger partial charge in [0.05, 0.1) is 11.6 Å². The molecule has 0 spiro atoms. The maximum atomic E-state index is 12.2. The molecule has 19 heavy (non-hydrogen) atoms. The first-order valence-corrected chi connectivity index (χ1v) is 6.78. The van der Waals surface area contributed by atoms with Crippen molar-refractivity contribution in [1.29, 1.82) is 0 Å². The van der Waals surface area contributed by atoms with Crippen LogP contribution >= 0.6 is 15.9 Å². The maximum absolute atomic E-state index is 12.2. The number of rotatable bonds is 3. The molecule has 4 heteroatoms. The highest BCUT2D eigenvalue weighted by molar-refractivity contribution is 9.10. The number of hydrogen-bond acceptors (Lipinski definition) is 2. The van der Waals surface area contributed by atoms with Crippen LogP contribution in [0, 0.1) is 0 Å². The number of carbonyl (C=O) groups is 1. The van der Waals surface area contributed by atoms with Crippen LogP contribution in [-0.4, -0.2) is 5.91 Å². The Balaban J connectivity index is 2.13. The molecule has 3 N–H and O–H groups in total. The second kappa shape index (κ2) is 5.89. The summed E-state index contributed by atoms with van der Waals surface area (Å²) < 4.78 is 0.779. The van der Waals surface area contributed by atoms with Crippen LogP contribution in [0.1, 0.15) is 18.4 Å². The number of nitrogens with two attached hydrogens (primary N) is 1. The van der Waals surface area contributed by atoms with Crippen LogP contribution in [0.3, 0.4) is 0 Å². The van der Waals surface area contributed by atoms with E-state index in [-0.39, 0.29) is 11.8 Å². The zero-order valence-corrected chi connectivity index (χ0v) is 12.1. The van der Waals surface area contributed by atoms with Crippen molar-refractivity contribution in [3.8, 4) is 0 Å². The lowest BCUT2D eigenvalue weighted by Gasteiger charge is -2.13. The van der Waals surface area contributed by atoms with Crippen LogP contribution < -0.4 is 11.1 Å². The molecule has 0 fully saturated rings. The summed E-state index contributed by atoms with van der Waals surface area (Å²) >= 11 is 3.39. The largest absolute Gasteiger partial charge is 0.399 e. The summed E-state index contributed by atoms with van der Waals surface area (Å²) in [5, 5.41) is 2.89. The number of nitrogen functional groups attached to an aromatic ring is 1. The van der Waals surface area contributed by atoms with Gasteiger partial charge in [0.25, 0.3) is 0 Å². The molecule has 0 radical (unpaired) electrons. The SMILES string of the molecule is CC(C(=O)Nc1ccc(N)cc1Br)c1ccccc1. The van der Waals surface area contributed by atoms with Crippen LogP contribution in [0.25, 0.3) is 0 Å². The van der Waals surface area contributed by atoms with E-state index in [1.807, 2.05) is 37.3 Å². The third-order valence-electron chi connectivity index (χ3n) is 2.94. The van der Waals surface area contributed by atoms with Gasteiger partial charge in [-0.25, -0.2) is 0 Å². The third-order valence-corrected chi connectivity index (χ3v) is 3.60. The van der Waals surface area contributed by atoms with Crippen LogP contribution in [-0.2, 0) is 4.79 Å². The minimum Gasteiger partial charge on any atom is -0.399 e. The Morgan fingerprint density at radius 1 is 1.21 bits per heavy atom. The summed E-state index contributed by atoms with van der Waals surface area (Å²) in [7, 11) is 0. The summed E-state index contributed by atoms with van der Waals surface area (Å²) in [4.78, 5) is 12.2. The lowest BCUT2D eigenvalue weighted by Crippen LogP contribution is -2.19. The number of carbonyl (C=O) groups excluding carboxylic acids is 1. The van der Waals surface area contributed by atoms with Crippen molar-refractivity contribution in [2.24, 2.45) is 0 Å². The fourth-order valence-electron chi connectivity index (χ4n) is 1.77. The zero-order valence-electron chi connectivity index (χ0n) is 10.6. The molecule has 3 nitrogen and oxygen atoms in total. The predicted molar refractivity (Wildman–Crippen MR) is 82.0 cm³/mol. The van der Waals surface area contributed by atoms with Crippen molar-refractivity contribution in [3.05, 3.63) is 58.6 Å². The van der Waals surface area contributed by atoms with E-state index in [1.165, 1.54) is 0 Å². The molecule has 0 aliphatic heterocycles. The number of hydrogen-bond donors (Lipinski definition) is 2. The Hall–Kier alpha value is -1.81. The summed E-state index contributed by atoms with van der Waals surface area (Å²) in [6, 6.07) is 15.0. The molecule has 2 aromatic rings. The second-order valence-electron chi connectivity index (χ2n) is 4.36. The quantitative estimate of drug-likeness (QED) is 0.846. The van der Waals surface area contributed by atoms with Gasteiger partial charge < -0.3 is 11.1 Å². The fourth-order valence-corrected chi connectivity index (χ4v) is 2.26. The normalized spacial score (nSPS) is 11.9. The predicted octanol–water partition coefficient (Wildman–Crippen LogP) is 3.77. The second-order valence-corrected chi connectivity index (χ2v) is 5.22. The van der Waals surface area contributed by atoms with Gasteiger partial charge in [-0.2, -0.15) is 0 Å². The van der Waals surface area contributed by atoms with Gasteiger partial charge in [0, 0.05) is 10.2 Å². The van der Waals surface area contributed by atoms with Gasteiger partial charge in [0.15, 0.2) is 0 Å². The topological polar surface area (TPSA) is 55.1 Å². The highest BCUT2D eigenvalue weighted by Gasteiger charge is 2.15. The van der Waals surface area contributed by atoms with Crippen LogP contribution in [0.4, 0.5) is 11.4 Å². The zero-order chi connectivity index (χ0) is 13.8. The van der Waals surface area contributed by atoms with E-state index in [0.29, 0.717) is 5.69 Å². The minimum absolute atomic E-state index is 0.0447. The molecular formula is C15H15BrN2O. The Bertz CT molecular complexity index is 584. The number of halogens is 1. The first-order chi connectivity index (χ1) is 9.08. The molecule has 1 atom stereocenters. The average molecular weight is 319 g/mol. The van der Waals surface area contributed by atoms with E-state index < -0.39 is 0 Å². The lowest BCUT2D eigenvalue weighted by molar-refractivity contribution is -0.117.